The molecule has 19 heavy (non-hydrogen) atoms. The second-order valence-electron chi connectivity index (χ2n) is 3.82. The number of aromatic nitrogens is 1. The van der Waals surface area contributed by atoms with Crippen LogP contribution >= 0.6 is 34.8 Å². The van der Waals surface area contributed by atoms with Crippen molar-refractivity contribution in [2.24, 2.45) is 0 Å². The van der Waals surface area contributed by atoms with Crippen LogP contribution in [0.5, 0.6) is 0 Å². The zero-order valence-corrected chi connectivity index (χ0v) is 11.8. The first-order valence-corrected chi connectivity index (χ1v) is 6.40. The van der Waals surface area contributed by atoms with E-state index in [1.807, 2.05) is 6.07 Å². The Balaban J connectivity index is 2.63. The van der Waals surface area contributed by atoms with E-state index in [9.17, 15) is 4.79 Å². The fraction of sp³-hybridized carbons (Fsp3) is 0.0769. The van der Waals surface area contributed by atoms with Gasteiger partial charge in [-0.25, -0.2) is 0 Å². The molecule has 6 heteroatoms. The number of nitriles is 1. The molecule has 0 atom stereocenters. The molecule has 3 nitrogen and oxygen atoms in total. The zero-order chi connectivity index (χ0) is 14.0. The lowest BCUT2D eigenvalue weighted by Crippen LogP contribution is -2.11. The molecular formula is C13H7Cl3N2O. The molecular weight excluding hydrogens is 307 g/mol. The molecule has 0 radical (unpaired) electrons. The number of nitrogens with one attached hydrogen (secondary N) is 1. The SMILES string of the molecule is N#CCc1cc(-c2c(Cl)cc(Cl)cc2Cl)c[nH]c1=O. The summed E-state index contributed by atoms with van der Waals surface area (Å²) in [5.74, 6) is 0. The van der Waals surface area contributed by atoms with E-state index in [1.165, 1.54) is 6.20 Å². The van der Waals surface area contributed by atoms with Gasteiger partial charge >= 0.3 is 0 Å². The molecule has 0 bridgehead atoms. The minimum absolute atomic E-state index is 0.0198. The fourth-order valence-corrected chi connectivity index (χ4v) is 2.74. The first-order chi connectivity index (χ1) is 9.02. The minimum atomic E-state index is -0.300. The molecule has 96 valence electrons. The van der Waals surface area contributed by atoms with Gasteiger partial charge in [0.05, 0.1) is 22.5 Å². The number of aromatic amines is 1. The topological polar surface area (TPSA) is 56.6 Å². The van der Waals surface area contributed by atoms with Crippen molar-refractivity contribution in [2.45, 2.75) is 6.42 Å². The highest BCUT2D eigenvalue weighted by Gasteiger charge is 2.12. The summed E-state index contributed by atoms with van der Waals surface area (Å²) in [6.07, 6.45) is 1.52. The zero-order valence-electron chi connectivity index (χ0n) is 9.51. The maximum absolute atomic E-state index is 11.5. The highest BCUT2D eigenvalue weighted by Crippen LogP contribution is 2.36. The molecule has 0 saturated heterocycles. The van der Waals surface area contributed by atoms with Crippen molar-refractivity contribution >= 4 is 34.8 Å². The van der Waals surface area contributed by atoms with Crippen molar-refractivity contribution in [2.75, 3.05) is 0 Å². The maximum atomic E-state index is 11.5. The molecule has 0 saturated carbocycles. The molecule has 1 N–H and O–H groups in total. The van der Waals surface area contributed by atoms with Crippen molar-refractivity contribution in [1.82, 2.24) is 4.98 Å². The Morgan fingerprint density at radius 1 is 1.16 bits per heavy atom. The number of hydrogen-bond acceptors (Lipinski definition) is 2. The second-order valence-corrected chi connectivity index (χ2v) is 5.07. The lowest BCUT2D eigenvalue weighted by Gasteiger charge is -2.08. The molecule has 1 heterocycles. The van der Waals surface area contributed by atoms with E-state index in [1.54, 1.807) is 18.2 Å². The van der Waals surface area contributed by atoms with E-state index >= 15 is 0 Å². The average Bonchev–Trinajstić information content (AvgIpc) is 2.32. The molecule has 0 aliphatic heterocycles. The fourth-order valence-electron chi connectivity index (χ4n) is 1.71. The average molecular weight is 314 g/mol. The van der Waals surface area contributed by atoms with Gasteiger partial charge in [0.15, 0.2) is 0 Å². The van der Waals surface area contributed by atoms with Gasteiger partial charge < -0.3 is 4.98 Å². The molecule has 0 spiro atoms. The van der Waals surface area contributed by atoms with Gasteiger partial charge in [-0.2, -0.15) is 5.26 Å². The van der Waals surface area contributed by atoms with Gasteiger partial charge in [-0.1, -0.05) is 34.8 Å². The summed E-state index contributed by atoms with van der Waals surface area (Å²) in [6, 6.07) is 6.67. The normalized spacial score (nSPS) is 10.2. The lowest BCUT2D eigenvalue weighted by molar-refractivity contribution is 1.13. The lowest BCUT2D eigenvalue weighted by atomic mass is 10.0. The van der Waals surface area contributed by atoms with Crippen LogP contribution in [-0.2, 0) is 6.42 Å². The van der Waals surface area contributed by atoms with E-state index in [0.29, 0.717) is 31.8 Å². The predicted octanol–water partition coefficient (Wildman–Crippen LogP) is 4.07. The summed E-state index contributed by atoms with van der Waals surface area (Å²) in [6.45, 7) is 0. The van der Waals surface area contributed by atoms with E-state index in [0.717, 1.165) is 0 Å². The van der Waals surface area contributed by atoms with E-state index in [2.05, 4.69) is 4.98 Å². The van der Waals surface area contributed by atoms with Crippen LogP contribution in [0.1, 0.15) is 5.56 Å². The quantitative estimate of drug-likeness (QED) is 0.908. The van der Waals surface area contributed by atoms with Crippen molar-refractivity contribution < 1.29 is 0 Å². The standard InChI is InChI=1S/C13H7Cl3N2O/c14-9-4-10(15)12(11(16)5-9)8-3-7(1-2-17)13(19)18-6-8/h3-6H,1H2,(H,18,19). The predicted molar refractivity (Wildman–Crippen MR) is 76.8 cm³/mol. The van der Waals surface area contributed by atoms with Gasteiger partial charge in [0.1, 0.15) is 0 Å². The Morgan fingerprint density at radius 3 is 2.37 bits per heavy atom. The minimum Gasteiger partial charge on any atom is -0.328 e. The van der Waals surface area contributed by atoms with Gasteiger partial charge in [-0.15, -0.1) is 0 Å². The van der Waals surface area contributed by atoms with Crippen molar-refractivity contribution in [1.29, 1.82) is 5.26 Å². The molecule has 0 aliphatic rings. The van der Waals surface area contributed by atoms with Gasteiger partial charge in [-0.05, 0) is 18.2 Å². The summed E-state index contributed by atoms with van der Waals surface area (Å²) in [4.78, 5) is 14.1. The van der Waals surface area contributed by atoms with Crippen molar-refractivity contribution in [3.05, 3.63) is 55.4 Å². The van der Waals surface area contributed by atoms with Crippen LogP contribution in [0.4, 0.5) is 0 Å². The third-order valence-corrected chi connectivity index (χ3v) is 3.36. The summed E-state index contributed by atoms with van der Waals surface area (Å²) < 4.78 is 0. The van der Waals surface area contributed by atoms with E-state index in [4.69, 9.17) is 40.1 Å². The molecule has 0 amide bonds. The number of benzene rings is 1. The number of hydrogen-bond donors (Lipinski definition) is 1. The Labute approximate surface area is 124 Å². The van der Waals surface area contributed by atoms with Crippen molar-refractivity contribution in [3.63, 3.8) is 0 Å². The smallest absolute Gasteiger partial charge is 0.252 e. The Kier molecular flexibility index (Phi) is 4.16. The number of nitrogens with zero attached hydrogens (tertiary/aromatic N) is 1. The van der Waals surface area contributed by atoms with E-state index in [-0.39, 0.29) is 12.0 Å². The number of pyridine rings is 1. The van der Waals surface area contributed by atoms with Crippen LogP contribution in [0.3, 0.4) is 0 Å². The molecule has 1 aromatic heterocycles. The first kappa shape index (κ1) is 14.0. The summed E-state index contributed by atoms with van der Waals surface area (Å²) >= 11 is 18.1. The highest BCUT2D eigenvalue weighted by molar-refractivity contribution is 6.41. The van der Waals surface area contributed by atoms with Gasteiger partial charge in [0.2, 0.25) is 0 Å². The highest BCUT2D eigenvalue weighted by atomic mass is 35.5. The molecule has 2 aromatic rings. The van der Waals surface area contributed by atoms with Crippen LogP contribution in [0.25, 0.3) is 11.1 Å². The van der Waals surface area contributed by atoms with Crippen LogP contribution in [0.2, 0.25) is 15.1 Å². The van der Waals surface area contributed by atoms with Crippen molar-refractivity contribution in [3.8, 4) is 17.2 Å². The molecule has 0 unspecified atom stereocenters. The van der Waals surface area contributed by atoms with Crippen LogP contribution in [-0.4, -0.2) is 4.98 Å². The molecule has 0 fully saturated rings. The number of halogens is 3. The van der Waals surface area contributed by atoms with Gasteiger partial charge in [0, 0.05) is 27.9 Å². The molecule has 2 rings (SSSR count). The third kappa shape index (κ3) is 2.93. The summed E-state index contributed by atoms with van der Waals surface area (Å²) in [7, 11) is 0. The van der Waals surface area contributed by atoms with Gasteiger partial charge in [-0.3, -0.25) is 4.79 Å². The largest absolute Gasteiger partial charge is 0.328 e. The Bertz CT molecular complexity index is 708. The monoisotopic (exact) mass is 312 g/mol. The second kappa shape index (κ2) is 5.66. The first-order valence-electron chi connectivity index (χ1n) is 5.26. The summed E-state index contributed by atoms with van der Waals surface area (Å²) in [5.41, 5.74) is 1.27. The Morgan fingerprint density at radius 2 is 1.79 bits per heavy atom. The maximum Gasteiger partial charge on any atom is 0.252 e. The van der Waals surface area contributed by atoms with Crippen LogP contribution in [0.15, 0.2) is 29.2 Å². The van der Waals surface area contributed by atoms with Crippen LogP contribution in [0, 0.1) is 11.3 Å². The molecule has 1 aromatic carbocycles. The number of rotatable bonds is 2. The van der Waals surface area contributed by atoms with E-state index < -0.39 is 0 Å². The third-order valence-electron chi connectivity index (χ3n) is 2.55. The van der Waals surface area contributed by atoms with Gasteiger partial charge in [0.25, 0.3) is 5.56 Å². The molecule has 0 aliphatic carbocycles. The number of H-pyrrole nitrogens is 1. The summed E-state index contributed by atoms with van der Waals surface area (Å²) in [5, 5.41) is 9.87. The Hall–Kier alpha value is -1.47. The van der Waals surface area contributed by atoms with Crippen LogP contribution < -0.4 is 5.56 Å².